The molecule has 2 aromatic rings. The summed E-state index contributed by atoms with van der Waals surface area (Å²) < 4.78 is 5.26. The van der Waals surface area contributed by atoms with Gasteiger partial charge in [0.05, 0.1) is 7.11 Å². The Morgan fingerprint density at radius 2 is 1.85 bits per heavy atom. The molecule has 0 aromatic heterocycles. The summed E-state index contributed by atoms with van der Waals surface area (Å²) in [4.78, 5) is 2.63. The minimum Gasteiger partial charge on any atom is -0.497 e. The second kappa shape index (κ2) is 8.21. The Morgan fingerprint density at radius 1 is 1.04 bits per heavy atom. The quantitative estimate of drug-likeness (QED) is 0.838. The van der Waals surface area contributed by atoms with Crippen molar-refractivity contribution < 1.29 is 4.74 Å². The number of benzene rings is 2. The van der Waals surface area contributed by atoms with Crippen LogP contribution in [0, 0.1) is 5.92 Å². The summed E-state index contributed by atoms with van der Waals surface area (Å²) in [5.41, 5.74) is 9.84. The lowest BCUT2D eigenvalue weighted by Gasteiger charge is -2.19. The van der Waals surface area contributed by atoms with Gasteiger partial charge in [0.25, 0.3) is 0 Å². The van der Waals surface area contributed by atoms with Gasteiger partial charge in [-0.1, -0.05) is 42.5 Å². The molecule has 2 N–H and O–H groups in total. The van der Waals surface area contributed by atoms with Gasteiger partial charge in [0, 0.05) is 25.2 Å². The maximum absolute atomic E-state index is 5.26. The van der Waals surface area contributed by atoms with E-state index in [-0.39, 0.29) is 0 Å². The number of hydrazine groups is 1. The van der Waals surface area contributed by atoms with Crippen molar-refractivity contribution in [3.63, 3.8) is 0 Å². The van der Waals surface area contributed by atoms with Crippen molar-refractivity contribution in [1.82, 2.24) is 15.8 Å². The second-order valence-corrected chi connectivity index (χ2v) is 7.54. The smallest absolute Gasteiger partial charge is 0.118 e. The first-order valence-corrected chi connectivity index (χ1v) is 9.73. The largest absolute Gasteiger partial charge is 0.497 e. The number of ether oxygens (including phenoxy) is 1. The highest BCUT2D eigenvalue weighted by Crippen LogP contribution is 2.30. The lowest BCUT2D eigenvalue weighted by molar-refractivity contribution is 0.306. The molecular formula is C22H29N3O. The molecule has 2 aliphatic rings. The van der Waals surface area contributed by atoms with E-state index in [4.69, 9.17) is 4.74 Å². The van der Waals surface area contributed by atoms with E-state index in [0.29, 0.717) is 12.1 Å². The van der Waals surface area contributed by atoms with E-state index in [2.05, 4.69) is 58.2 Å². The van der Waals surface area contributed by atoms with Gasteiger partial charge in [0.15, 0.2) is 0 Å². The van der Waals surface area contributed by atoms with Crippen LogP contribution in [0.15, 0.2) is 54.6 Å². The van der Waals surface area contributed by atoms with E-state index < -0.39 is 0 Å². The molecule has 26 heavy (non-hydrogen) atoms. The van der Waals surface area contributed by atoms with Crippen LogP contribution < -0.4 is 15.6 Å². The highest BCUT2D eigenvalue weighted by Gasteiger charge is 2.34. The Balaban J connectivity index is 1.26. The summed E-state index contributed by atoms with van der Waals surface area (Å²) >= 11 is 0. The Bertz CT molecular complexity index is 688. The zero-order chi connectivity index (χ0) is 17.8. The number of hydrogen-bond acceptors (Lipinski definition) is 4. The molecule has 2 fully saturated rings. The number of hydrogen-bond donors (Lipinski definition) is 2. The normalized spacial score (nSPS) is 26.3. The van der Waals surface area contributed by atoms with Crippen molar-refractivity contribution in [1.29, 1.82) is 0 Å². The van der Waals surface area contributed by atoms with E-state index in [0.717, 1.165) is 24.5 Å². The van der Waals surface area contributed by atoms with Crippen LogP contribution in [0.3, 0.4) is 0 Å². The molecule has 3 atom stereocenters. The van der Waals surface area contributed by atoms with Crippen LogP contribution in [0.25, 0.3) is 0 Å². The van der Waals surface area contributed by atoms with Gasteiger partial charge >= 0.3 is 0 Å². The first-order valence-electron chi connectivity index (χ1n) is 9.73. The SMILES string of the molecule is COc1ccc(C2CC(C3CCN(CCc4ccccc4)C3)NN2)cc1. The predicted octanol–water partition coefficient (Wildman–Crippen LogP) is 3.17. The third-order valence-electron chi connectivity index (χ3n) is 5.89. The fourth-order valence-electron chi connectivity index (χ4n) is 4.27. The molecule has 0 saturated carbocycles. The molecular weight excluding hydrogens is 322 g/mol. The Hall–Kier alpha value is -1.88. The molecule has 138 valence electrons. The Morgan fingerprint density at radius 3 is 2.62 bits per heavy atom. The number of likely N-dealkylation sites (tertiary alicyclic amines) is 1. The molecule has 0 spiro atoms. The van der Waals surface area contributed by atoms with Crippen LogP contribution in [0.2, 0.25) is 0 Å². The van der Waals surface area contributed by atoms with Crippen molar-refractivity contribution >= 4 is 0 Å². The molecule has 0 aliphatic carbocycles. The van der Waals surface area contributed by atoms with Crippen LogP contribution in [-0.4, -0.2) is 37.7 Å². The summed E-state index contributed by atoms with van der Waals surface area (Å²) in [5.74, 6) is 1.66. The lowest BCUT2D eigenvalue weighted by atomic mass is 9.93. The number of nitrogens with zero attached hydrogens (tertiary/aromatic N) is 1. The molecule has 2 heterocycles. The van der Waals surface area contributed by atoms with Gasteiger partial charge in [-0.25, -0.2) is 0 Å². The van der Waals surface area contributed by atoms with Crippen LogP contribution in [0.4, 0.5) is 0 Å². The summed E-state index contributed by atoms with van der Waals surface area (Å²) in [7, 11) is 1.71. The second-order valence-electron chi connectivity index (χ2n) is 7.54. The average molecular weight is 351 g/mol. The van der Waals surface area contributed by atoms with E-state index >= 15 is 0 Å². The van der Waals surface area contributed by atoms with E-state index in [1.54, 1.807) is 7.11 Å². The Kier molecular flexibility index (Phi) is 5.54. The molecule has 2 saturated heterocycles. The summed E-state index contributed by atoms with van der Waals surface area (Å²) in [6.07, 6.45) is 3.60. The monoisotopic (exact) mass is 351 g/mol. The van der Waals surface area contributed by atoms with Gasteiger partial charge in [0.2, 0.25) is 0 Å². The number of methoxy groups -OCH3 is 1. The third-order valence-corrected chi connectivity index (χ3v) is 5.89. The zero-order valence-corrected chi connectivity index (χ0v) is 15.5. The summed E-state index contributed by atoms with van der Waals surface area (Å²) in [6, 6.07) is 20.2. The molecule has 0 amide bonds. The molecule has 4 rings (SSSR count). The average Bonchev–Trinajstić information content (AvgIpc) is 3.37. The fourth-order valence-corrected chi connectivity index (χ4v) is 4.27. The highest BCUT2D eigenvalue weighted by atomic mass is 16.5. The van der Waals surface area contributed by atoms with Crippen molar-refractivity contribution in [3.8, 4) is 5.75 Å². The summed E-state index contributed by atoms with van der Waals surface area (Å²) in [6.45, 7) is 3.60. The fraction of sp³-hybridized carbons (Fsp3) is 0.455. The number of rotatable bonds is 6. The van der Waals surface area contributed by atoms with Crippen molar-refractivity contribution in [2.45, 2.75) is 31.3 Å². The van der Waals surface area contributed by atoms with Crippen molar-refractivity contribution in [2.75, 3.05) is 26.7 Å². The molecule has 2 aliphatic heterocycles. The van der Waals surface area contributed by atoms with Gasteiger partial charge in [-0.3, -0.25) is 10.9 Å². The topological polar surface area (TPSA) is 36.5 Å². The standard InChI is InChI=1S/C22H29N3O/c1-26-20-9-7-18(8-10-20)21-15-22(24-23-21)19-12-14-25(16-19)13-11-17-5-3-2-4-6-17/h2-10,19,21-24H,11-16H2,1H3. The predicted molar refractivity (Wildman–Crippen MR) is 105 cm³/mol. The van der Waals surface area contributed by atoms with Crippen LogP contribution in [-0.2, 0) is 6.42 Å². The van der Waals surface area contributed by atoms with E-state index in [1.807, 2.05) is 12.1 Å². The van der Waals surface area contributed by atoms with E-state index in [1.165, 1.54) is 37.2 Å². The van der Waals surface area contributed by atoms with Crippen LogP contribution >= 0.6 is 0 Å². The van der Waals surface area contributed by atoms with Gasteiger partial charge in [-0.05, 0) is 55.0 Å². The van der Waals surface area contributed by atoms with Gasteiger partial charge in [0.1, 0.15) is 5.75 Å². The van der Waals surface area contributed by atoms with Crippen molar-refractivity contribution in [3.05, 3.63) is 65.7 Å². The summed E-state index contributed by atoms with van der Waals surface area (Å²) in [5, 5.41) is 0. The molecule has 4 heteroatoms. The molecule has 2 aromatic carbocycles. The maximum atomic E-state index is 5.26. The molecule has 4 nitrogen and oxygen atoms in total. The van der Waals surface area contributed by atoms with Gasteiger partial charge in [-0.2, -0.15) is 0 Å². The lowest BCUT2D eigenvalue weighted by Crippen LogP contribution is -2.37. The molecule has 3 unspecified atom stereocenters. The first-order chi connectivity index (χ1) is 12.8. The highest BCUT2D eigenvalue weighted by molar-refractivity contribution is 5.29. The molecule has 0 bridgehead atoms. The number of nitrogens with one attached hydrogen (secondary N) is 2. The molecule has 0 radical (unpaired) electrons. The van der Waals surface area contributed by atoms with Crippen LogP contribution in [0.1, 0.15) is 30.0 Å². The van der Waals surface area contributed by atoms with Gasteiger partial charge in [-0.15, -0.1) is 0 Å². The van der Waals surface area contributed by atoms with Crippen LogP contribution in [0.5, 0.6) is 5.75 Å². The maximum Gasteiger partial charge on any atom is 0.118 e. The zero-order valence-electron chi connectivity index (χ0n) is 15.5. The van der Waals surface area contributed by atoms with Gasteiger partial charge < -0.3 is 9.64 Å². The third kappa shape index (κ3) is 4.09. The minimum atomic E-state index is 0.393. The minimum absolute atomic E-state index is 0.393. The Labute approximate surface area is 156 Å². The first kappa shape index (κ1) is 17.5. The van der Waals surface area contributed by atoms with Crippen molar-refractivity contribution in [2.24, 2.45) is 5.92 Å². The van der Waals surface area contributed by atoms with E-state index in [9.17, 15) is 0 Å².